The van der Waals surface area contributed by atoms with Crippen LogP contribution in [0.4, 0.5) is 0 Å². The summed E-state index contributed by atoms with van der Waals surface area (Å²) in [6.07, 6.45) is 2.46. The van der Waals surface area contributed by atoms with E-state index in [1.165, 1.54) is 20.0 Å². The van der Waals surface area contributed by atoms with Gasteiger partial charge in [-0.15, -0.1) is 0 Å². The van der Waals surface area contributed by atoms with Crippen molar-refractivity contribution in [2.24, 2.45) is 5.92 Å². The van der Waals surface area contributed by atoms with Crippen LogP contribution in [0.1, 0.15) is 33.6 Å². The highest BCUT2D eigenvalue weighted by Gasteiger charge is 2.24. The quantitative estimate of drug-likeness (QED) is 0.737. The summed E-state index contributed by atoms with van der Waals surface area (Å²) in [5, 5.41) is 3.27. The monoisotopic (exact) mass is 242 g/mol. The second-order valence-electron chi connectivity index (χ2n) is 5.38. The van der Waals surface area contributed by atoms with E-state index in [1.807, 2.05) is 13.8 Å². The molecule has 1 unspecified atom stereocenters. The first-order chi connectivity index (χ1) is 8.02. The van der Waals surface area contributed by atoms with Gasteiger partial charge in [0.15, 0.2) is 0 Å². The summed E-state index contributed by atoms with van der Waals surface area (Å²) >= 11 is 0. The van der Waals surface area contributed by atoms with Crippen LogP contribution >= 0.6 is 0 Å². The molecule has 0 saturated carbocycles. The third-order valence-corrected chi connectivity index (χ3v) is 3.34. The minimum atomic E-state index is -0.201. The fraction of sp³-hybridized carbons (Fsp3) is 0.923. The molecule has 4 nitrogen and oxygen atoms in total. The zero-order chi connectivity index (χ0) is 12.8. The Hall–Kier alpha value is -0.610. The van der Waals surface area contributed by atoms with Crippen LogP contribution in [0.15, 0.2) is 0 Å². The number of nitrogens with one attached hydrogen (secondary N) is 1. The average Bonchev–Trinajstić information content (AvgIpc) is 2.29. The van der Waals surface area contributed by atoms with Gasteiger partial charge in [0.2, 0.25) is 0 Å². The molecule has 1 heterocycles. The van der Waals surface area contributed by atoms with E-state index in [-0.39, 0.29) is 12.0 Å². The number of carbonyl (C=O) groups excluding carboxylic acids is 1. The van der Waals surface area contributed by atoms with Gasteiger partial charge in [-0.25, -0.2) is 0 Å². The van der Waals surface area contributed by atoms with Crippen LogP contribution in [0.2, 0.25) is 0 Å². The summed E-state index contributed by atoms with van der Waals surface area (Å²) < 4.78 is 4.85. The zero-order valence-corrected chi connectivity index (χ0v) is 11.5. The summed E-state index contributed by atoms with van der Waals surface area (Å²) in [7, 11) is 1.45. The van der Waals surface area contributed by atoms with Gasteiger partial charge in [0.05, 0.1) is 7.11 Å². The first-order valence-electron chi connectivity index (χ1n) is 6.59. The van der Waals surface area contributed by atoms with Crippen molar-refractivity contribution in [3.05, 3.63) is 0 Å². The van der Waals surface area contributed by atoms with Crippen molar-refractivity contribution < 1.29 is 9.53 Å². The van der Waals surface area contributed by atoms with Gasteiger partial charge in [-0.2, -0.15) is 0 Å². The van der Waals surface area contributed by atoms with Crippen molar-refractivity contribution >= 4 is 5.97 Å². The molecule has 0 amide bonds. The minimum absolute atomic E-state index is 0.155. The predicted molar refractivity (Wildman–Crippen MR) is 68.9 cm³/mol. The standard InChI is InChI=1S/C13H26N2O2/c1-10(2)14-12(13(16)17-4)9-15-7-5-11(3)6-8-15/h10-12,14H,5-9H2,1-4H3. The van der Waals surface area contributed by atoms with Crippen LogP contribution in [0.25, 0.3) is 0 Å². The predicted octanol–water partition coefficient (Wildman–Crippen LogP) is 1.26. The van der Waals surface area contributed by atoms with Crippen molar-refractivity contribution in [2.75, 3.05) is 26.7 Å². The highest BCUT2D eigenvalue weighted by molar-refractivity contribution is 5.75. The van der Waals surface area contributed by atoms with Crippen LogP contribution in [-0.2, 0) is 9.53 Å². The van der Waals surface area contributed by atoms with Gasteiger partial charge in [-0.05, 0) is 31.8 Å². The summed E-state index contributed by atoms with van der Waals surface area (Å²) in [6.45, 7) is 9.34. The molecule has 1 aliphatic heterocycles. The number of rotatable bonds is 5. The Morgan fingerprint density at radius 3 is 2.47 bits per heavy atom. The van der Waals surface area contributed by atoms with Gasteiger partial charge in [-0.3, -0.25) is 4.79 Å². The molecule has 100 valence electrons. The van der Waals surface area contributed by atoms with Gasteiger partial charge in [0.1, 0.15) is 6.04 Å². The maximum Gasteiger partial charge on any atom is 0.324 e. The SMILES string of the molecule is COC(=O)C(CN1CCC(C)CC1)NC(C)C. The van der Waals surface area contributed by atoms with E-state index in [4.69, 9.17) is 4.74 Å². The minimum Gasteiger partial charge on any atom is -0.468 e. The van der Waals surface area contributed by atoms with E-state index < -0.39 is 0 Å². The van der Waals surface area contributed by atoms with Crippen LogP contribution in [0.3, 0.4) is 0 Å². The molecule has 4 heteroatoms. The van der Waals surface area contributed by atoms with Crippen LogP contribution < -0.4 is 5.32 Å². The summed E-state index contributed by atoms with van der Waals surface area (Å²) in [5.41, 5.74) is 0. The summed E-state index contributed by atoms with van der Waals surface area (Å²) in [6, 6.07) is 0.0937. The van der Waals surface area contributed by atoms with Gasteiger partial charge < -0.3 is 15.0 Å². The zero-order valence-electron chi connectivity index (χ0n) is 11.5. The molecule has 17 heavy (non-hydrogen) atoms. The highest BCUT2D eigenvalue weighted by atomic mass is 16.5. The van der Waals surface area contributed by atoms with Gasteiger partial charge in [-0.1, -0.05) is 20.8 Å². The summed E-state index contributed by atoms with van der Waals surface area (Å²) in [4.78, 5) is 14.0. The third-order valence-electron chi connectivity index (χ3n) is 3.34. The Morgan fingerprint density at radius 2 is 2.00 bits per heavy atom. The smallest absolute Gasteiger partial charge is 0.324 e. The largest absolute Gasteiger partial charge is 0.468 e. The maximum absolute atomic E-state index is 11.7. The fourth-order valence-electron chi connectivity index (χ4n) is 2.24. The van der Waals surface area contributed by atoms with Crippen LogP contribution in [-0.4, -0.2) is 49.7 Å². The molecule has 0 aromatic carbocycles. The second-order valence-corrected chi connectivity index (χ2v) is 5.38. The average molecular weight is 242 g/mol. The molecule has 1 atom stereocenters. The molecular weight excluding hydrogens is 216 g/mol. The first kappa shape index (κ1) is 14.5. The number of hydrogen-bond acceptors (Lipinski definition) is 4. The maximum atomic E-state index is 11.7. The van der Waals surface area contributed by atoms with Crippen molar-refractivity contribution in [3.63, 3.8) is 0 Å². The molecule has 1 aliphatic rings. The van der Waals surface area contributed by atoms with Crippen molar-refractivity contribution in [1.82, 2.24) is 10.2 Å². The lowest BCUT2D eigenvalue weighted by atomic mass is 9.99. The topological polar surface area (TPSA) is 41.6 Å². The first-order valence-corrected chi connectivity index (χ1v) is 6.59. The van der Waals surface area contributed by atoms with Crippen molar-refractivity contribution in [1.29, 1.82) is 0 Å². The molecule has 1 rings (SSSR count). The molecule has 0 aromatic rings. The van der Waals surface area contributed by atoms with Crippen molar-refractivity contribution in [3.8, 4) is 0 Å². The molecule has 1 saturated heterocycles. The normalized spacial score (nSPS) is 20.5. The number of nitrogens with zero attached hydrogens (tertiary/aromatic N) is 1. The Labute approximate surface area is 105 Å². The van der Waals surface area contributed by atoms with Crippen LogP contribution in [0.5, 0.6) is 0 Å². The fourth-order valence-corrected chi connectivity index (χ4v) is 2.24. The third kappa shape index (κ3) is 5.04. The lowest BCUT2D eigenvalue weighted by molar-refractivity contribution is -0.144. The number of likely N-dealkylation sites (tertiary alicyclic amines) is 1. The molecule has 1 fully saturated rings. The molecule has 1 N–H and O–H groups in total. The molecule has 0 bridgehead atoms. The van der Waals surface area contributed by atoms with E-state index in [1.54, 1.807) is 0 Å². The van der Waals surface area contributed by atoms with E-state index in [9.17, 15) is 4.79 Å². The lowest BCUT2D eigenvalue weighted by Gasteiger charge is -2.33. The van der Waals surface area contributed by atoms with Gasteiger partial charge in [0, 0.05) is 12.6 Å². The van der Waals surface area contributed by atoms with E-state index in [2.05, 4.69) is 17.1 Å². The molecular formula is C13H26N2O2. The number of ether oxygens (including phenoxy) is 1. The number of hydrogen-bond donors (Lipinski definition) is 1. The highest BCUT2D eigenvalue weighted by Crippen LogP contribution is 2.16. The van der Waals surface area contributed by atoms with E-state index in [0.29, 0.717) is 6.04 Å². The summed E-state index contributed by atoms with van der Waals surface area (Å²) in [5.74, 6) is 0.665. The van der Waals surface area contributed by atoms with Gasteiger partial charge in [0.25, 0.3) is 0 Å². The van der Waals surface area contributed by atoms with Crippen molar-refractivity contribution in [2.45, 2.75) is 45.7 Å². The van der Waals surface area contributed by atoms with E-state index >= 15 is 0 Å². The Kier molecular flexibility index (Phi) is 5.92. The Bertz CT molecular complexity index is 236. The lowest BCUT2D eigenvalue weighted by Crippen LogP contribution is -2.50. The van der Waals surface area contributed by atoms with E-state index in [0.717, 1.165) is 25.6 Å². The number of carbonyl (C=O) groups is 1. The molecule has 0 spiro atoms. The number of esters is 1. The molecule has 0 aromatic heterocycles. The molecule has 0 aliphatic carbocycles. The molecule has 0 radical (unpaired) electrons. The second kappa shape index (κ2) is 6.97. The Morgan fingerprint density at radius 1 is 1.41 bits per heavy atom. The Balaban J connectivity index is 2.45. The number of piperidine rings is 1. The number of methoxy groups -OCH3 is 1. The van der Waals surface area contributed by atoms with Crippen LogP contribution in [0, 0.1) is 5.92 Å². The van der Waals surface area contributed by atoms with Gasteiger partial charge >= 0.3 is 5.97 Å².